The summed E-state index contributed by atoms with van der Waals surface area (Å²) in [4.78, 5) is 0. The van der Waals surface area contributed by atoms with Gasteiger partial charge in [0.15, 0.2) is 0 Å². The van der Waals surface area contributed by atoms with Crippen molar-refractivity contribution in [2.24, 2.45) is 5.92 Å². The van der Waals surface area contributed by atoms with Crippen molar-refractivity contribution in [3.63, 3.8) is 0 Å². The fourth-order valence-electron chi connectivity index (χ4n) is 1.57. The van der Waals surface area contributed by atoms with Gasteiger partial charge in [-0.05, 0) is 12.8 Å². The predicted molar refractivity (Wildman–Crippen MR) is 43.5 cm³/mol. The Hall–Kier alpha value is 0.250. The van der Waals surface area contributed by atoms with E-state index >= 15 is 0 Å². The first kappa shape index (κ1) is 8.35. The van der Waals surface area contributed by atoms with E-state index in [0.29, 0.717) is 18.1 Å². The smallest absolute Gasteiger partial charge is 0.0640 e. The lowest BCUT2D eigenvalue weighted by Crippen LogP contribution is -2.49. The molecular formula is C8H15ClO. The molecule has 0 spiro atoms. The van der Waals surface area contributed by atoms with Gasteiger partial charge in [-0.2, -0.15) is 0 Å². The highest BCUT2D eigenvalue weighted by Crippen LogP contribution is 2.33. The van der Waals surface area contributed by atoms with Crippen LogP contribution in [0.25, 0.3) is 0 Å². The van der Waals surface area contributed by atoms with Crippen molar-refractivity contribution in [2.45, 2.75) is 38.9 Å². The molecule has 1 aliphatic heterocycles. The van der Waals surface area contributed by atoms with Crippen molar-refractivity contribution in [2.75, 3.05) is 5.88 Å². The second-order valence-electron chi connectivity index (χ2n) is 2.85. The molecule has 1 aliphatic rings. The fraction of sp³-hybridized carbons (Fsp3) is 1.00. The van der Waals surface area contributed by atoms with Crippen LogP contribution in [-0.4, -0.2) is 18.1 Å². The molecule has 0 aromatic carbocycles. The van der Waals surface area contributed by atoms with Crippen LogP contribution in [0.5, 0.6) is 0 Å². The van der Waals surface area contributed by atoms with Gasteiger partial charge in [0.1, 0.15) is 0 Å². The molecule has 0 bridgehead atoms. The third-order valence-electron chi connectivity index (χ3n) is 2.29. The molecule has 1 nitrogen and oxygen atoms in total. The number of halogens is 1. The van der Waals surface area contributed by atoms with Crippen LogP contribution in [0.15, 0.2) is 0 Å². The Kier molecular flexibility index (Phi) is 2.99. The highest BCUT2D eigenvalue weighted by atomic mass is 35.5. The quantitative estimate of drug-likeness (QED) is 0.580. The summed E-state index contributed by atoms with van der Waals surface area (Å²) in [6.45, 7) is 4.30. The van der Waals surface area contributed by atoms with Crippen LogP contribution in [0.2, 0.25) is 0 Å². The van der Waals surface area contributed by atoms with E-state index in [1.165, 1.54) is 0 Å². The Morgan fingerprint density at radius 3 is 2.00 bits per heavy atom. The zero-order valence-corrected chi connectivity index (χ0v) is 7.40. The van der Waals surface area contributed by atoms with Crippen LogP contribution in [0.4, 0.5) is 0 Å². The minimum absolute atomic E-state index is 0.447. The summed E-state index contributed by atoms with van der Waals surface area (Å²) in [7, 11) is 0. The molecular weight excluding hydrogens is 148 g/mol. The minimum atomic E-state index is 0.447. The standard InChI is InChI=1S/C8H15ClO/c1-3-7-6(5-9)8(4-2)10-7/h6-8H,3-5H2,1-2H3. The first-order valence-corrected chi connectivity index (χ1v) is 4.58. The molecule has 2 heteroatoms. The van der Waals surface area contributed by atoms with Crippen molar-refractivity contribution < 1.29 is 4.74 Å². The third-order valence-corrected chi connectivity index (χ3v) is 2.64. The number of hydrogen-bond donors (Lipinski definition) is 0. The van der Waals surface area contributed by atoms with Gasteiger partial charge in [-0.3, -0.25) is 0 Å². The topological polar surface area (TPSA) is 9.23 Å². The molecule has 1 fully saturated rings. The number of rotatable bonds is 3. The molecule has 0 aromatic rings. The summed E-state index contributed by atoms with van der Waals surface area (Å²) in [6.07, 6.45) is 3.10. The predicted octanol–water partition coefficient (Wildman–Crippen LogP) is 2.43. The van der Waals surface area contributed by atoms with E-state index in [9.17, 15) is 0 Å². The monoisotopic (exact) mass is 162 g/mol. The number of ether oxygens (including phenoxy) is 1. The molecule has 1 heterocycles. The Bertz CT molecular complexity index is 95.4. The summed E-state index contributed by atoms with van der Waals surface area (Å²) in [5.74, 6) is 1.38. The van der Waals surface area contributed by atoms with E-state index in [-0.39, 0.29) is 0 Å². The molecule has 0 saturated carbocycles. The van der Waals surface area contributed by atoms with Crippen LogP contribution < -0.4 is 0 Å². The summed E-state index contributed by atoms with van der Waals surface area (Å²) in [5.41, 5.74) is 0. The summed E-state index contributed by atoms with van der Waals surface area (Å²) < 4.78 is 5.56. The summed E-state index contributed by atoms with van der Waals surface area (Å²) in [5, 5.41) is 0. The lowest BCUT2D eigenvalue weighted by atomic mass is 9.88. The largest absolute Gasteiger partial charge is 0.374 e. The van der Waals surface area contributed by atoms with E-state index in [1.807, 2.05) is 0 Å². The Labute approximate surface area is 67.7 Å². The molecule has 0 amide bonds. The maximum Gasteiger partial charge on any atom is 0.0640 e. The maximum atomic E-state index is 5.77. The van der Waals surface area contributed by atoms with Crippen LogP contribution in [0, 0.1) is 5.92 Å². The van der Waals surface area contributed by atoms with Gasteiger partial charge in [0.25, 0.3) is 0 Å². The van der Waals surface area contributed by atoms with Crippen LogP contribution in [-0.2, 0) is 4.74 Å². The van der Waals surface area contributed by atoms with Crippen molar-refractivity contribution in [1.82, 2.24) is 0 Å². The zero-order chi connectivity index (χ0) is 7.56. The van der Waals surface area contributed by atoms with Gasteiger partial charge >= 0.3 is 0 Å². The van der Waals surface area contributed by atoms with E-state index in [1.54, 1.807) is 0 Å². The number of hydrogen-bond acceptors (Lipinski definition) is 1. The molecule has 1 saturated heterocycles. The molecule has 1 rings (SSSR count). The molecule has 2 unspecified atom stereocenters. The lowest BCUT2D eigenvalue weighted by Gasteiger charge is -2.43. The van der Waals surface area contributed by atoms with Gasteiger partial charge < -0.3 is 4.74 Å². The van der Waals surface area contributed by atoms with Crippen molar-refractivity contribution in [3.8, 4) is 0 Å². The van der Waals surface area contributed by atoms with Crippen LogP contribution >= 0.6 is 11.6 Å². The van der Waals surface area contributed by atoms with Crippen LogP contribution in [0.3, 0.4) is 0 Å². The fourth-order valence-corrected chi connectivity index (χ4v) is 1.97. The van der Waals surface area contributed by atoms with E-state index in [0.717, 1.165) is 18.7 Å². The third kappa shape index (κ3) is 1.30. The van der Waals surface area contributed by atoms with Crippen molar-refractivity contribution in [3.05, 3.63) is 0 Å². The molecule has 2 atom stereocenters. The first-order chi connectivity index (χ1) is 4.83. The minimum Gasteiger partial charge on any atom is -0.374 e. The highest BCUT2D eigenvalue weighted by molar-refractivity contribution is 6.18. The Balaban J connectivity index is 2.30. The van der Waals surface area contributed by atoms with E-state index in [2.05, 4.69) is 13.8 Å². The number of alkyl halides is 1. The van der Waals surface area contributed by atoms with Gasteiger partial charge in [-0.15, -0.1) is 11.6 Å². The van der Waals surface area contributed by atoms with Gasteiger partial charge in [-0.25, -0.2) is 0 Å². The molecule has 10 heavy (non-hydrogen) atoms. The Morgan fingerprint density at radius 2 is 1.70 bits per heavy atom. The molecule has 0 aliphatic carbocycles. The van der Waals surface area contributed by atoms with Gasteiger partial charge in [0.05, 0.1) is 12.2 Å². The van der Waals surface area contributed by atoms with Crippen molar-refractivity contribution >= 4 is 11.6 Å². The summed E-state index contributed by atoms with van der Waals surface area (Å²) in [6, 6.07) is 0. The average molecular weight is 163 g/mol. The van der Waals surface area contributed by atoms with Gasteiger partial charge in [0, 0.05) is 11.8 Å². The molecule has 0 N–H and O–H groups in total. The van der Waals surface area contributed by atoms with Crippen LogP contribution in [0.1, 0.15) is 26.7 Å². The van der Waals surface area contributed by atoms with Crippen molar-refractivity contribution in [1.29, 1.82) is 0 Å². The van der Waals surface area contributed by atoms with Gasteiger partial charge in [-0.1, -0.05) is 13.8 Å². The highest BCUT2D eigenvalue weighted by Gasteiger charge is 2.38. The zero-order valence-electron chi connectivity index (χ0n) is 6.64. The molecule has 0 aromatic heterocycles. The van der Waals surface area contributed by atoms with E-state index < -0.39 is 0 Å². The van der Waals surface area contributed by atoms with E-state index in [4.69, 9.17) is 16.3 Å². The first-order valence-electron chi connectivity index (χ1n) is 4.04. The molecule has 60 valence electrons. The Morgan fingerprint density at radius 1 is 1.20 bits per heavy atom. The van der Waals surface area contributed by atoms with Gasteiger partial charge in [0.2, 0.25) is 0 Å². The second-order valence-corrected chi connectivity index (χ2v) is 3.16. The molecule has 0 radical (unpaired) electrons. The lowest BCUT2D eigenvalue weighted by molar-refractivity contribution is -0.176. The summed E-state index contributed by atoms with van der Waals surface area (Å²) >= 11 is 5.77. The maximum absolute atomic E-state index is 5.77. The normalized spacial score (nSPS) is 39.3. The SMILES string of the molecule is CCC1OC(CC)C1CCl. The second kappa shape index (κ2) is 3.59. The average Bonchev–Trinajstić information content (AvgIpc) is 1.89.